The third kappa shape index (κ3) is 3.06. The molecule has 1 aromatic heterocycles. The quantitative estimate of drug-likeness (QED) is 0.824. The van der Waals surface area contributed by atoms with Gasteiger partial charge in [-0.2, -0.15) is 0 Å². The first-order chi connectivity index (χ1) is 12.0. The van der Waals surface area contributed by atoms with Crippen LogP contribution in [0.2, 0.25) is 0 Å². The van der Waals surface area contributed by atoms with Crippen LogP contribution in [0.1, 0.15) is 18.4 Å². The van der Waals surface area contributed by atoms with E-state index in [1.54, 1.807) is 13.1 Å². The average Bonchev–Trinajstić information content (AvgIpc) is 3.43. The zero-order chi connectivity index (χ0) is 17.6. The fraction of sp³-hybridized carbons (Fsp3) is 0.500. The number of amides is 2. The van der Waals surface area contributed by atoms with Gasteiger partial charge in [-0.25, -0.2) is 4.79 Å². The van der Waals surface area contributed by atoms with Gasteiger partial charge in [-0.1, -0.05) is 6.07 Å². The number of fused-ring (bicyclic) bond motifs is 1. The van der Waals surface area contributed by atoms with Crippen molar-refractivity contribution in [2.75, 3.05) is 26.2 Å². The van der Waals surface area contributed by atoms with E-state index in [1.807, 2.05) is 21.9 Å². The minimum absolute atomic E-state index is 0.0476. The van der Waals surface area contributed by atoms with Gasteiger partial charge < -0.3 is 14.2 Å². The zero-order valence-corrected chi connectivity index (χ0v) is 14.2. The molecule has 2 amide bonds. The molecule has 1 aromatic carbocycles. The fourth-order valence-electron chi connectivity index (χ4n) is 3.33. The normalized spacial score (nSPS) is 18.0. The molecule has 0 radical (unpaired) electrons. The maximum atomic E-state index is 12.5. The van der Waals surface area contributed by atoms with Gasteiger partial charge in [0.15, 0.2) is 5.58 Å². The van der Waals surface area contributed by atoms with E-state index in [0.717, 1.165) is 18.4 Å². The van der Waals surface area contributed by atoms with Gasteiger partial charge >= 0.3 is 5.76 Å². The topological polar surface area (TPSA) is 75.8 Å². The van der Waals surface area contributed by atoms with Crippen molar-refractivity contribution in [1.82, 2.24) is 14.4 Å². The van der Waals surface area contributed by atoms with Gasteiger partial charge in [0.25, 0.3) is 0 Å². The predicted molar refractivity (Wildman–Crippen MR) is 91.0 cm³/mol. The summed E-state index contributed by atoms with van der Waals surface area (Å²) < 4.78 is 6.54. The van der Waals surface area contributed by atoms with E-state index < -0.39 is 5.76 Å². The Hall–Kier alpha value is -2.57. The molecule has 1 saturated heterocycles. The maximum absolute atomic E-state index is 12.5. The van der Waals surface area contributed by atoms with Crippen LogP contribution in [0.3, 0.4) is 0 Å². The second-order valence-electron chi connectivity index (χ2n) is 6.89. The maximum Gasteiger partial charge on any atom is 0.419 e. The number of nitrogens with zero attached hydrogens (tertiary/aromatic N) is 3. The van der Waals surface area contributed by atoms with Crippen LogP contribution in [0.15, 0.2) is 27.4 Å². The molecule has 0 spiro atoms. The number of carbonyl (C=O) groups excluding carboxylic acids is 2. The summed E-state index contributed by atoms with van der Waals surface area (Å²) in [7, 11) is 1.65. The molecule has 25 heavy (non-hydrogen) atoms. The third-order valence-corrected chi connectivity index (χ3v) is 5.08. The first-order valence-corrected chi connectivity index (χ1v) is 8.68. The molecule has 1 saturated carbocycles. The molecule has 132 valence electrons. The highest BCUT2D eigenvalue weighted by Gasteiger charge is 2.35. The molecule has 0 bridgehead atoms. The SMILES string of the molecule is Cn1c(=O)oc2ccc(CC(=O)N3CCN(C(=O)C4CC4)CC3)cc21. The van der Waals surface area contributed by atoms with Crippen molar-refractivity contribution in [3.8, 4) is 0 Å². The molecule has 7 nitrogen and oxygen atoms in total. The van der Waals surface area contributed by atoms with Gasteiger partial charge in [-0.05, 0) is 30.5 Å². The summed E-state index contributed by atoms with van der Waals surface area (Å²) in [5.74, 6) is 0.121. The second-order valence-corrected chi connectivity index (χ2v) is 6.89. The average molecular weight is 343 g/mol. The number of hydrogen-bond acceptors (Lipinski definition) is 4. The largest absolute Gasteiger partial charge is 0.419 e. The van der Waals surface area contributed by atoms with Crippen LogP contribution in [0, 0.1) is 5.92 Å². The van der Waals surface area contributed by atoms with Crippen LogP contribution in [-0.4, -0.2) is 52.4 Å². The van der Waals surface area contributed by atoms with E-state index >= 15 is 0 Å². The van der Waals surface area contributed by atoms with Crippen molar-refractivity contribution < 1.29 is 14.0 Å². The number of aromatic nitrogens is 1. The molecule has 4 rings (SSSR count). The molecular formula is C18H21N3O4. The smallest absolute Gasteiger partial charge is 0.408 e. The van der Waals surface area contributed by atoms with E-state index in [4.69, 9.17) is 4.42 Å². The predicted octanol–water partition coefficient (Wildman–Crippen LogP) is 0.755. The molecule has 7 heteroatoms. The highest BCUT2D eigenvalue weighted by Crippen LogP contribution is 2.31. The van der Waals surface area contributed by atoms with Crippen LogP contribution in [0.25, 0.3) is 11.1 Å². The molecular weight excluding hydrogens is 322 g/mol. The summed E-state index contributed by atoms with van der Waals surface area (Å²) in [6.45, 7) is 2.42. The van der Waals surface area contributed by atoms with Crippen LogP contribution < -0.4 is 5.76 Å². The van der Waals surface area contributed by atoms with Crippen LogP contribution in [0.5, 0.6) is 0 Å². The summed E-state index contributed by atoms with van der Waals surface area (Å²) in [5.41, 5.74) is 2.07. The Bertz CT molecular complexity index is 885. The number of hydrogen-bond donors (Lipinski definition) is 0. The third-order valence-electron chi connectivity index (χ3n) is 5.08. The minimum atomic E-state index is -0.407. The van der Waals surface area contributed by atoms with Crippen molar-refractivity contribution in [3.63, 3.8) is 0 Å². The second kappa shape index (κ2) is 6.06. The molecule has 1 aliphatic carbocycles. The lowest BCUT2D eigenvalue weighted by molar-refractivity contribution is -0.140. The number of carbonyl (C=O) groups is 2. The lowest BCUT2D eigenvalue weighted by Gasteiger charge is -2.35. The van der Waals surface area contributed by atoms with Crippen LogP contribution in [-0.2, 0) is 23.1 Å². The van der Waals surface area contributed by atoms with Gasteiger partial charge in [-0.3, -0.25) is 14.2 Å². The van der Waals surface area contributed by atoms with E-state index in [-0.39, 0.29) is 24.2 Å². The van der Waals surface area contributed by atoms with Crippen molar-refractivity contribution in [2.24, 2.45) is 13.0 Å². The molecule has 2 aromatic rings. The van der Waals surface area contributed by atoms with Crippen molar-refractivity contribution in [1.29, 1.82) is 0 Å². The Morgan fingerprint density at radius 2 is 1.80 bits per heavy atom. The standard InChI is InChI=1S/C18H21N3O4/c1-19-14-10-12(2-5-15(14)25-18(19)24)11-16(22)20-6-8-21(9-7-20)17(23)13-3-4-13/h2,5,10,13H,3-4,6-9,11H2,1H3. The zero-order valence-electron chi connectivity index (χ0n) is 14.2. The highest BCUT2D eigenvalue weighted by atomic mass is 16.4. The Morgan fingerprint density at radius 1 is 1.12 bits per heavy atom. The molecule has 1 aliphatic heterocycles. The van der Waals surface area contributed by atoms with Crippen molar-refractivity contribution in [3.05, 3.63) is 34.3 Å². The van der Waals surface area contributed by atoms with Crippen LogP contribution >= 0.6 is 0 Å². The molecule has 2 aliphatic rings. The minimum Gasteiger partial charge on any atom is -0.408 e. The number of benzene rings is 1. The Kier molecular flexibility index (Phi) is 3.86. The van der Waals surface area contributed by atoms with Crippen LogP contribution in [0.4, 0.5) is 0 Å². The van der Waals surface area contributed by atoms with Gasteiger partial charge in [0.05, 0.1) is 11.9 Å². The van der Waals surface area contributed by atoms with Gasteiger partial charge in [0.2, 0.25) is 11.8 Å². The summed E-state index contributed by atoms with van der Waals surface area (Å²) >= 11 is 0. The Morgan fingerprint density at radius 3 is 2.48 bits per heavy atom. The monoisotopic (exact) mass is 343 g/mol. The van der Waals surface area contributed by atoms with E-state index in [9.17, 15) is 14.4 Å². The molecule has 0 N–H and O–H groups in total. The first kappa shape index (κ1) is 15.9. The highest BCUT2D eigenvalue weighted by molar-refractivity contribution is 5.83. The molecule has 0 atom stereocenters. The Balaban J connectivity index is 1.39. The van der Waals surface area contributed by atoms with Gasteiger partial charge in [0, 0.05) is 39.1 Å². The number of piperazine rings is 1. The number of oxazole rings is 1. The molecule has 2 fully saturated rings. The number of aryl methyl sites for hydroxylation is 1. The van der Waals surface area contributed by atoms with Gasteiger partial charge in [0.1, 0.15) is 0 Å². The van der Waals surface area contributed by atoms with Crippen molar-refractivity contribution >= 4 is 22.9 Å². The summed E-state index contributed by atoms with van der Waals surface area (Å²) in [6, 6.07) is 5.37. The summed E-state index contributed by atoms with van der Waals surface area (Å²) in [5, 5.41) is 0. The fourth-order valence-corrected chi connectivity index (χ4v) is 3.33. The lowest BCUT2D eigenvalue weighted by Crippen LogP contribution is -2.51. The van der Waals surface area contributed by atoms with E-state index in [0.29, 0.717) is 37.3 Å². The first-order valence-electron chi connectivity index (χ1n) is 8.68. The Labute approximate surface area is 144 Å². The van der Waals surface area contributed by atoms with Crippen molar-refractivity contribution in [2.45, 2.75) is 19.3 Å². The van der Waals surface area contributed by atoms with Gasteiger partial charge in [-0.15, -0.1) is 0 Å². The summed E-state index contributed by atoms with van der Waals surface area (Å²) in [6.07, 6.45) is 2.31. The van der Waals surface area contributed by atoms with E-state index in [1.165, 1.54) is 4.57 Å². The lowest BCUT2D eigenvalue weighted by atomic mass is 10.1. The summed E-state index contributed by atoms with van der Waals surface area (Å²) in [4.78, 5) is 39.9. The number of rotatable bonds is 3. The van der Waals surface area contributed by atoms with E-state index in [2.05, 4.69) is 0 Å². The molecule has 2 heterocycles. The molecule has 0 unspecified atom stereocenters.